The van der Waals surface area contributed by atoms with Gasteiger partial charge in [0.15, 0.2) is 10.1 Å². The van der Waals surface area contributed by atoms with E-state index in [0.717, 1.165) is 5.56 Å². The number of aliphatic hydroxyl groups is 1. The predicted octanol–water partition coefficient (Wildman–Crippen LogP) is 3.26. The number of alkyl halides is 1. The van der Waals surface area contributed by atoms with Gasteiger partial charge in [-0.05, 0) is 43.7 Å². The number of halogens is 1. The van der Waals surface area contributed by atoms with Crippen LogP contribution < -0.4 is 5.32 Å². The summed E-state index contributed by atoms with van der Waals surface area (Å²) >= 11 is 4.49. The maximum Gasteiger partial charge on any atom is 0.411 e. The standard InChI is InChI=1S/C24H23BrN2O7S/c1-23(2)17(19(30)31)27-20(32)24(25,21(27)35-23)18(29)16(28)14-8-10-15(11-9-14)26-22(33)34-12-13-6-4-3-5-7-13/h3-11,17-18,21,29H,12H2,1-2H3,(H,26,33)(H,30,31)/t17-,18?,21+,24?/m0/s1. The molecule has 4 rings (SSSR count). The SMILES string of the molecule is CC1(C)S[C@H]2N(C(=O)C2(Br)C(O)C(=O)c2ccc(NC(=O)OCc3ccccc3)cc2)[C@H]1C(=O)O. The van der Waals surface area contributed by atoms with Crippen LogP contribution in [0.3, 0.4) is 0 Å². The Kier molecular flexibility index (Phi) is 6.69. The molecule has 0 saturated carbocycles. The van der Waals surface area contributed by atoms with Crippen molar-refractivity contribution in [2.24, 2.45) is 0 Å². The van der Waals surface area contributed by atoms with Crippen LogP contribution >= 0.6 is 27.7 Å². The lowest BCUT2D eigenvalue weighted by atomic mass is 9.84. The number of rotatable bonds is 7. The van der Waals surface area contributed by atoms with Gasteiger partial charge in [-0.25, -0.2) is 9.59 Å². The highest BCUT2D eigenvalue weighted by Crippen LogP contribution is 2.59. The van der Waals surface area contributed by atoms with E-state index in [1.165, 1.54) is 40.9 Å². The average molecular weight is 563 g/mol. The third-order valence-corrected chi connectivity index (χ3v) is 9.20. The second kappa shape index (κ2) is 9.29. The van der Waals surface area contributed by atoms with E-state index in [-0.39, 0.29) is 12.2 Å². The van der Waals surface area contributed by atoms with Gasteiger partial charge in [-0.1, -0.05) is 46.3 Å². The van der Waals surface area contributed by atoms with Crippen molar-refractivity contribution >= 4 is 57.1 Å². The third-order valence-electron chi connectivity index (χ3n) is 6.04. The first-order valence-corrected chi connectivity index (χ1v) is 12.4. The summed E-state index contributed by atoms with van der Waals surface area (Å²) in [6.45, 7) is 3.52. The number of benzene rings is 2. The molecule has 2 aromatic rings. The number of carboxylic acids is 1. The topological polar surface area (TPSA) is 133 Å². The van der Waals surface area contributed by atoms with Crippen LogP contribution in [-0.4, -0.2) is 65.5 Å². The Hall–Kier alpha value is -2.89. The van der Waals surface area contributed by atoms with Crippen LogP contribution in [0.1, 0.15) is 29.8 Å². The van der Waals surface area contributed by atoms with E-state index in [2.05, 4.69) is 21.2 Å². The van der Waals surface area contributed by atoms with E-state index in [4.69, 9.17) is 4.74 Å². The maximum atomic E-state index is 13.0. The molecule has 9 nitrogen and oxygen atoms in total. The van der Waals surface area contributed by atoms with Gasteiger partial charge in [0.05, 0.1) is 0 Å². The molecule has 2 aromatic carbocycles. The number of hydrogen-bond acceptors (Lipinski definition) is 7. The Morgan fingerprint density at radius 1 is 1.14 bits per heavy atom. The Morgan fingerprint density at radius 3 is 2.37 bits per heavy atom. The molecule has 0 aromatic heterocycles. The minimum absolute atomic E-state index is 0.104. The molecule has 3 N–H and O–H groups in total. The van der Waals surface area contributed by atoms with Gasteiger partial charge in [0, 0.05) is 16.0 Å². The van der Waals surface area contributed by atoms with Crippen molar-refractivity contribution in [2.75, 3.05) is 5.32 Å². The van der Waals surface area contributed by atoms with Crippen LogP contribution in [0.15, 0.2) is 54.6 Å². The monoisotopic (exact) mass is 562 g/mol. The summed E-state index contributed by atoms with van der Waals surface area (Å²) in [4.78, 5) is 50.9. The van der Waals surface area contributed by atoms with Gasteiger partial charge in [0.25, 0.3) is 0 Å². The molecular weight excluding hydrogens is 540 g/mol. The Balaban J connectivity index is 1.40. The van der Waals surface area contributed by atoms with E-state index in [1.807, 2.05) is 30.3 Å². The molecule has 0 bridgehead atoms. The third kappa shape index (κ3) is 4.43. The second-order valence-corrected chi connectivity index (χ2v) is 11.9. The number of hydrogen-bond donors (Lipinski definition) is 3. The number of nitrogens with one attached hydrogen (secondary N) is 1. The number of amides is 2. The van der Waals surface area contributed by atoms with Gasteiger partial charge < -0.3 is 19.8 Å². The summed E-state index contributed by atoms with van der Waals surface area (Å²) in [6, 6.07) is 13.9. The number of carbonyl (C=O) groups is 4. The first-order chi connectivity index (χ1) is 16.5. The zero-order valence-corrected chi connectivity index (χ0v) is 21.2. The fraction of sp³-hybridized carbons (Fsp3) is 0.333. The van der Waals surface area contributed by atoms with Crippen molar-refractivity contribution in [1.29, 1.82) is 0 Å². The van der Waals surface area contributed by atoms with E-state index in [0.29, 0.717) is 5.69 Å². The highest BCUT2D eigenvalue weighted by molar-refractivity contribution is 9.10. The van der Waals surface area contributed by atoms with E-state index in [1.54, 1.807) is 13.8 Å². The van der Waals surface area contributed by atoms with Gasteiger partial charge in [-0.3, -0.25) is 14.9 Å². The number of carbonyl (C=O) groups excluding carboxylic acids is 3. The molecular formula is C24H23BrN2O7S. The summed E-state index contributed by atoms with van der Waals surface area (Å²) in [7, 11) is 0. The average Bonchev–Trinajstić information content (AvgIpc) is 3.11. The zero-order chi connectivity index (χ0) is 25.5. The summed E-state index contributed by atoms with van der Waals surface area (Å²) in [5.41, 5.74) is 1.35. The lowest BCUT2D eigenvalue weighted by Crippen LogP contribution is -2.75. The van der Waals surface area contributed by atoms with Gasteiger partial charge in [0.2, 0.25) is 5.91 Å². The van der Waals surface area contributed by atoms with Crippen LogP contribution in [0.5, 0.6) is 0 Å². The molecule has 2 fully saturated rings. The second-order valence-electron chi connectivity index (χ2n) is 8.83. The number of β-lactam (4-membered cyclic amide) rings is 1. The predicted molar refractivity (Wildman–Crippen MR) is 132 cm³/mol. The molecule has 11 heteroatoms. The van der Waals surface area contributed by atoms with Gasteiger partial charge >= 0.3 is 12.1 Å². The molecule has 0 spiro atoms. The number of anilines is 1. The van der Waals surface area contributed by atoms with Gasteiger partial charge in [0.1, 0.15) is 24.1 Å². The molecule has 2 heterocycles. The largest absolute Gasteiger partial charge is 0.480 e. The van der Waals surface area contributed by atoms with Crippen molar-refractivity contribution in [3.8, 4) is 0 Å². The van der Waals surface area contributed by atoms with Crippen molar-refractivity contribution in [3.63, 3.8) is 0 Å². The summed E-state index contributed by atoms with van der Waals surface area (Å²) in [6.07, 6.45) is -2.40. The first-order valence-electron chi connectivity index (χ1n) is 10.7. The van der Waals surface area contributed by atoms with Crippen LogP contribution in [0.25, 0.3) is 0 Å². The van der Waals surface area contributed by atoms with E-state index < -0.39 is 50.3 Å². The molecule has 2 saturated heterocycles. The molecule has 2 aliphatic heterocycles. The van der Waals surface area contributed by atoms with Crippen LogP contribution in [0, 0.1) is 0 Å². The van der Waals surface area contributed by atoms with Gasteiger partial charge in [-0.2, -0.15) is 0 Å². The van der Waals surface area contributed by atoms with E-state index in [9.17, 15) is 29.4 Å². The van der Waals surface area contributed by atoms with Crippen molar-refractivity contribution in [2.45, 2.75) is 47.0 Å². The number of fused-ring (bicyclic) bond motifs is 1. The summed E-state index contributed by atoms with van der Waals surface area (Å²) in [5, 5.41) is 22.3. The number of thioether (sulfide) groups is 1. The van der Waals surface area contributed by atoms with Crippen LogP contribution in [0.2, 0.25) is 0 Å². The van der Waals surface area contributed by atoms with Gasteiger partial charge in [-0.15, -0.1) is 11.8 Å². The zero-order valence-electron chi connectivity index (χ0n) is 18.8. The number of Topliss-reactive ketones (excluding diaryl/α,β-unsaturated/α-hetero) is 1. The number of aliphatic carboxylic acids is 1. The Labute approximate surface area is 214 Å². The lowest BCUT2D eigenvalue weighted by molar-refractivity contribution is -0.163. The fourth-order valence-electron chi connectivity index (χ4n) is 4.24. The molecule has 2 aliphatic rings. The van der Waals surface area contributed by atoms with Crippen molar-refractivity contribution in [1.82, 2.24) is 4.90 Å². The highest BCUT2D eigenvalue weighted by atomic mass is 79.9. The minimum atomic E-state index is -1.73. The van der Waals surface area contributed by atoms with Crippen molar-refractivity contribution < 1.29 is 34.1 Å². The summed E-state index contributed by atoms with van der Waals surface area (Å²) < 4.78 is 2.73. The summed E-state index contributed by atoms with van der Waals surface area (Å²) in [5.74, 6) is -2.49. The molecule has 184 valence electrons. The van der Waals surface area contributed by atoms with E-state index >= 15 is 0 Å². The molecule has 4 atom stereocenters. The molecule has 0 aliphatic carbocycles. The quantitative estimate of drug-likeness (QED) is 0.266. The molecule has 2 amide bonds. The normalized spacial score (nSPS) is 25.3. The van der Waals surface area contributed by atoms with Crippen molar-refractivity contribution in [3.05, 3.63) is 65.7 Å². The molecule has 0 radical (unpaired) electrons. The maximum absolute atomic E-state index is 13.0. The van der Waals surface area contributed by atoms with Crippen LogP contribution in [-0.2, 0) is 20.9 Å². The minimum Gasteiger partial charge on any atom is -0.480 e. The molecule has 35 heavy (non-hydrogen) atoms. The lowest BCUT2D eigenvalue weighted by Gasteiger charge is -2.51. The number of ketones is 1. The number of carboxylic acid groups (broad SMARTS) is 1. The Bertz CT molecular complexity index is 1170. The number of ether oxygens (including phenoxy) is 1. The van der Waals surface area contributed by atoms with Crippen LogP contribution in [0.4, 0.5) is 10.5 Å². The smallest absolute Gasteiger partial charge is 0.411 e. The number of aliphatic hydroxyl groups excluding tert-OH is 1. The molecule has 2 unspecified atom stereocenters. The number of nitrogens with zero attached hydrogens (tertiary/aromatic N) is 1. The first kappa shape index (κ1) is 25.2. The highest BCUT2D eigenvalue weighted by Gasteiger charge is 2.73. The fourth-order valence-corrected chi connectivity index (χ4v) is 6.81. The Morgan fingerprint density at radius 2 is 1.77 bits per heavy atom.